The first kappa shape index (κ1) is 99.8. The van der Waals surface area contributed by atoms with Crippen molar-refractivity contribution >= 4 is 39.9 Å². The van der Waals surface area contributed by atoms with Gasteiger partial charge in [-0.3, -0.25) is 34.8 Å². The normalized spacial score (nSPS) is 19.2. The molecule has 0 aromatic carbocycles. The van der Waals surface area contributed by atoms with E-state index in [1.165, 1.54) is 65.4 Å². The molecule has 7 aromatic rings. The van der Waals surface area contributed by atoms with Crippen molar-refractivity contribution < 1.29 is 39.4 Å². The fourth-order valence-corrected chi connectivity index (χ4v) is 16.7. The van der Waals surface area contributed by atoms with Crippen LogP contribution in [0.3, 0.4) is 0 Å². The maximum Gasteiger partial charge on any atom is 0.147 e. The van der Waals surface area contributed by atoms with Gasteiger partial charge in [-0.2, -0.15) is 0 Å². The van der Waals surface area contributed by atoms with Crippen LogP contribution in [0.15, 0.2) is 116 Å². The number of methoxy groups -OCH3 is 1. The van der Waals surface area contributed by atoms with E-state index in [4.69, 9.17) is 9.47 Å². The Hall–Kier alpha value is -7.94. The molecule has 0 unspecified atom stereocenters. The predicted molar refractivity (Wildman–Crippen MR) is 508 cm³/mol. The summed E-state index contributed by atoms with van der Waals surface area (Å²) in [6.45, 7) is 53.7. The second kappa shape index (κ2) is 48.3. The van der Waals surface area contributed by atoms with Crippen LogP contribution in [0.25, 0.3) is 0 Å². The molecule has 8 fully saturated rings. The average Bonchev–Trinajstić information content (AvgIpc) is 0.797. The molecule has 8 saturated heterocycles. The van der Waals surface area contributed by atoms with Gasteiger partial charge in [0.1, 0.15) is 17.4 Å². The number of aliphatic hydroxyl groups excluding tert-OH is 4. The van der Waals surface area contributed by atoms with Crippen molar-refractivity contribution in [3.05, 3.63) is 162 Å². The van der Waals surface area contributed by atoms with Crippen LogP contribution in [0.2, 0.25) is 0 Å². The summed E-state index contributed by atoms with van der Waals surface area (Å²) < 4.78 is 24.8. The van der Waals surface area contributed by atoms with Crippen LogP contribution in [0.4, 0.5) is 44.3 Å². The first-order valence-electron chi connectivity index (χ1n) is 46.8. The summed E-state index contributed by atoms with van der Waals surface area (Å²) in [4.78, 5) is 50.0. The van der Waals surface area contributed by atoms with Gasteiger partial charge in [0.15, 0.2) is 0 Å². The van der Waals surface area contributed by atoms with Crippen LogP contribution in [-0.4, -0.2) is 239 Å². The number of ether oxygens (including phenoxy) is 2. The fourth-order valence-electron chi connectivity index (χ4n) is 16.7. The SMILES string of the molecule is CC(C)c1ccc(N2CCC(C)(N3CCOCC3)CC2)cn1.CC(C)c1ccc(N2CCC(C)(O)CC2)cn1.CC(C)c1ccc(N2CCC(O)CC2)cn1.CC(C)c1ccc(N2CCC(O)CC2)nc1.CC(C)c1ncc(N2CCC(O)CC2)cc1F.CNC1(C)CCN(c2ccc(C(C)C)nc2)CC1.COc1cc(C(C)C)ncc1N1CCC(O)CC1. The first-order valence-corrected chi connectivity index (χ1v) is 46.8. The summed E-state index contributed by atoms with van der Waals surface area (Å²) in [6, 6.07) is 25.1. The van der Waals surface area contributed by atoms with Crippen LogP contribution in [0, 0.1) is 5.82 Å². The molecular formula is C100H157FN16O7. The largest absolute Gasteiger partial charge is 0.494 e. The molecular weight excluding hydrogens is 1560 g/mol. The van der Waals surface area contributed by atoms with E-state index in [1.807, 2.05) is 64.0 Å². The van der Waals surface area contributed by atoms with Gasteiger partial charge in [-0.1, -0.05) is 103 Å². The number of rotatable bonds is 17. The van der Waals surface area contributed by atoms with Crippen LogP contribution in [0.1, 0.15) is 289 Å². The second-order valence-corrected chi connectivity index (χ2v) is 38.4. The number of pyridine rings is 7. The molecule has 0 bridgehead atoms. The maximum absolute atomic E-state index is 13.8. The summed E-state index contributed by atoms with van der Waals surface area (Å²) in [5.74, 6) is 4.69. The Balaban J connectivity index is 0.000000164. The number of hydrogen-bond donors (Lipinski definition) is 6. The number of aliphatic hydroxyl groups is 5. The molecule has 23 nitrogen and oxygen atoms in total. The lowest BCUT2D eigenvalue weighted by Crippen LogP contribution is -2.56. The van der Waals surface area contributed by atoms with E-state index < -0.39 is 5.60 Å². The molecule has 0 atom stereocenters. The van der Waals surface area contributed by atoms with E-state index in [0.717, 1.165) is 222 Å². The molecule has 8 aliphatic heterocycles. The van der Waals surface area contributed by atoms with E-state index in [9.17, 15) is 29.9 Å². The zero-order chi connectivity index (χ0) is 89.8. The number of anilines is 7. The van der Waals surface area contributed by atoms with E-state index in [1.54, 1.807) is 19.4 Å². The minimum absolute atomic E-state index is 0.104. The minimum Gasteiger partial charge on any atom is -0.494 e. The van der Waals surface area contributed by atoms with Gasteiger partial charge in [0.2, 0.25) is 0 Å². The molecule has 24 heteroatoms. The van der Waals surface area contributed by atoms with Crippen molar-refractivity contribution in [2.45, 2.75) is 290 Å². The van der Waals surface area contributed by atoms with Gasteiger partial charge in [-0.05, 0) is 219 Å². The lowest BCUT2D eigenvalue weighted by atomic mass is 9.87. The number of hydrogen-bond acceptors (Lipinski definition) is 23. The molecule has 124 heavy (non-hydrogen) atoms. The van der Waals surface area contributed by atoms with Crippen molar-refractivity contribution in [3.63, 3.8) is 0 Å². The van der Waals surface area contributed by atoms with Crippen molar-refractivity contribution in [1.29, 1.82) is 0 Å². The Bertz CT molecular complexity index is 4080. The Morgan fingerprint density at radius 1 is 0.379 bits per heavy atom. The smallest absolute Gasteiger partial charge is 0.147 e. The number of morpholine rings is 1. The summed E-state index contributed by atoms with van der Waals surface area (Å²) in [6.07, 6.45) is 26.0. The molecule has 0 amide bonds. The highest BCUT2D eigenvalue weighted by atomic mass is 19.1. The number of halogens is 1. The van der Waals surface area contributed by atoms with Gasteiger partial charge in [0, 0.05) is 163 Å². The van der Waals surface area contributed by atoms with Crippen molar-refractivity contribution in [2.75, 3.05) is 166 Å². The Labute approximate surface area is 744 Å². The highest BCUT2D eigenvalue weighted by Crippen LogP contribution is 2.36. The van der Waals surface area contributed by atoms with Gasteiger partial charge in [-0.25, -0.2) is 9.37 Å². The summed E-state index contributed by atoms with van der Waals surface area (Å²) in [5, 5.41) is 51.2. The minimum atomic E-state index is -0.484. The highest BCUT2D eigenvalue weighted by Gasteiger charge is 2.37. The fraction of sp³-hybridized carbons (Fsp3) is 0.650. The maximum atomic E-state index is 13.8. The Morgan fingerprint density at radius 3 is 1.07 bits per heavy atom. The molecule has 8 aliphatic rings. The zero-order valence-electron chi connectivity index (χ0n) is 79.1. The van der Waals surface area contributed by atoms with E-state index in [0.29, 0.717) is 52.3 Å². The molecule has 0 radical (unpaired) electrons. The van der Waals surface area contributed by atoms with Crippen molar-refractivity contribution in [2.24, 2.45) is 0 Å². The monoisotopic (exact) mass is 1710 g/mol. The highest BCUT2D eigenvalue weighted by molar-refractivity contribution is 5.58. The van der Waals surface area contributed by atoms with Crippen LogP contribution in [-0.2, 0) is 4.74 Å². The van der Waals surface area contributed by atoms with Gasteiger partial charge >= 0.3 is 0 Å². The third-order valence-corrected chi connectivity index (χ3v) is 26.2. The van der Waals surface area contributed by atoms with E-state index in [-0.39, 0.29) is 36.2 Å². The molecule has 15 heterocycles. The number of nitrogens with one attached hydrogen (secondary N) is 1. The summed E-state index contributed by atoms with van der Waals surface area (Å²) in [7, 11) is 3.76. The van der Waals surface area contributed by atoms with Crippen molar-refractivity contribution in [1.82, 2.24) is 45.1 Å². The van der Waals surface area contributed by atoms with Gasteiger partial charge in [-0.15, -0.1) is 0 Å². The molecule has 6 N–H and O–H groups in total. The molecule has 0 spiro atoms. The number of aromatic nitrogens is 7. The zero-order valence-corrected chi connectivity index (χ0v) is 79.1. The average molecular weight is 1710 g/mol. The molecule has 686 valence electrons. The van der Waals surface area contributed by atoms with E-state index in [2.05, 4.69) is 244 Å². The number of nitrogens with zero attached hydrogens (tertiary/aromatic N) is 15. The summed E-state index contributed by atoms with van der Waals surface area (Å²) >= 11 is 0. The molecule has 15 rings (SSSR count). The molecule has 0 aliphatic carbocycles. The van der Waals surface area contributed by atoms with Crippen LogP contribution < -0.4 is 44.4 Å². The third-order valence-electron chi connectivity index (χ3n) is 26.2. The lowest BCUT2D eigenvalue weighted by molar-refractivity contribution is -0.0248. The topological polar surface area (TPSA) is 248 Å². The number of piperidine rings is 7. The van der Waals surface area contributed by atoms with Crippen molar-refractivity contribution in [3.8, 4) is 5.75 Å². The van der Waals surface area contributed by atoms with Gasteiger partial charge in [0.25, 0.3) is 0 Å². The standard InChI is InChI=1S/C18H29N3O.C15H25N3.C14H22N2O2.C14H22N2O.C13H19FN2O.2C13H20N2O/c1-15(2)17-5-4-16(14-19-17)20-8-6-18(3,7-9-20)21-10-12-22-13-11-21;1-12(2)14-6-5-13(11-17-14)18-9-7-15(3,16-4)8-10-18;1-10(2)12-8-14(18-3)13(9-15-12)16-6-4-11(17)5-7-16;1-11(2)13-5-4-12(10-15-13)16-8-6-14(3,17)7-9-16;1-9(2)13-12(14)7-10(8-15-13)16-5-3-11(17)4-6-16;1-10(2)13-4-3-11(9-14-13)15-7-5-12(16)6-8-15;1-10(2)11-3-4-13(14-9-11)15-7-5-12(16)6-8-15/h4-5,14-15H,6-13H2,1-3H3;5-6,11-12,16H,7-10H2,1-4H3;8-11,17H,4-7H2,1-3H3;4-5,10-11,17H,6-9H2,1-3H3;7-9,11,17H,3-6H2,1-2H3;2*3-4,9-10,12,16H,5-8H2,1-2H3. The second-order valence-electron chi connectivity index (χ2n) is 38.4. The lowest BCUT2D eigenvalue weighted by Gasteiger charge is -2.48. The first-order chi connectivity index (χ1) is 59.1. The van der Waals surface area contributed by atoms with Crippen LogP contribution in [0.5, 0.6) is 5.75 Å². The predicted octanol–water partition coefficient (Wildman–Crippen LogP) is 17.0. The summed E-state index contributed by atoms with van der Waals surface area (Å²) in [5.41, 5.74) is 14.4. The Kier molecular flexibility index (Phi) is 38.9. The third kappa shape index (κ3) is 30.4. The van der Waals surface area contributed by atoms with E-state index >= 15 is 0 Å². The van der Waals surface area contributed by atoms with Gasteiger partial charge < -0.3 is 74.6 Å². The van der Waals surface area contributed by atoms with Gasteiger partial charge in [0.05, 0.1) is 127 Å². The molecule has 0 saturated carbocycles. The molecule has 7 aromatic heterocycles. The van der Waals surface area contributed by atoms with Crippen LogP contribution >= 0.6 is 0 Å². The quantitative estimate of drug-likeness (QED) is 0.0496. The Morgan fingerprint density at radius 2 is 0.734 bits per heavy atom.